The standard InChI is InChI=1S/C29H31ClFN3O3/c1-37-23-8-10-27-24(16-23)29(25(30)17-33-27)26(32)9-7-20-11-13-34(18-21(20)15-28(35)36)12-3-5-19-4-2-6-22(31)14-19/h2,4,6,8,10,14,16-17,20-21,26H,7,9,11-13,15,18,32H2,1H3,(H,35,36)/t20-,21+,26+/m1/s1. The number of fused-ring (bicyclic) bond motifs is 1. The second-order valence-electron chi connectivity index (χ2n) is 9.54. The molecule has 3 N–H and O–H groups in total. The third-order valence-corrected chi connectivity index (χ3v) is 7.36. The van der Waals surface area contributed by atoms with Gasteiger partial charge in [-0.05, 0) is 79.6 Å². The van der Waals surface area contributed by atoms with Gasteiger partial charge in [-0.25, -0.2) is 4.39 Å². The van der Waals surface area contributed by atoms with E-state index in [-0.39, 0.29) is 30.1 Å². The molecule has 0 aliphatic carbocycles. The zero-order valence-electron chi connectivity index (χ0n) is 20.8. The van der Waals surface area contributed by atoms with Crippen molar-refractivity contribution >= 4 is 28.5 Å². The van der Waals surface area contributed by atoms with Crippen molar-refractivity contribution in [3.05, 3.63) is 70.6 Å². The average Bonchev–Trinajstić information content (AvgIpc) is 2.87. The number of halogens is 2. The fourth-order valence-electron chi connectivity index (χ4n) is 5.16. The van der Waals surface area contributed by atoms with Crippen LogP contribution in [0.4, 0.5) is 4.39 Å². The third kappa shape index (κ3) is 6.98. The summed E-state index contributed by atoms with van der Waals surface area (Å²) in [6, 6.07) is 11.5. The van der Waals surface area contributed by atoms with Crippen molar-refractivity contribution in [1.29, 1.82) is 0 Å². The second-order valence-corrected chi connectivity index (χ2v) is 9.95. The molecule has 1 aliphatic heterocycles. The van der Waals surface area contributed by atoms with Gasteiger partial charge in [0.05, 0.1) is 24.2 Å². The molecule has 3 atom stereocenters. The number of benzene rings is 2. The minimum atomic E-state index is -0.803. The number of carbonyl (C=O) groups is 1. The average molecular weight is 524 g/mol. The van der Waals surface area contributed by atoms with Crippen molar-refractivity contribution in [2.24, 2.45) is 17.6 Å². The lowest BCUT2D eigenvalue weighted by atomic mass is 9.79. The number of hydrogen-bond acceptors (Lipinski definition) is 5. The van der Waals surface area contributed by atoms with Crippen LogP contribution in [-0.4, -0.2) is 47.7 Å². The van der Waals surface area contributed by atoms with Crippen LogP contribution in [-0.2, 0) is 4.79 Å². The summed E-state index contributed by atoms with van der Waals surface area (Å²) in [6.45, 7) is 1.99. The number of likely N-dealkylation sites (tertiary alicyclic amines) is 1. The fourth-order valence-corrected chi connectivity index (χ4v) is 5.46. The molecule has 3 aromatic rings. The van der Waals surface area contributed by atoms with E-state index in [1.807, 2.05) is 18.2 Å². The molecule has 1 aliphatic rings. The van der Waals surface area contributed by atoms with Crippen LogP contribution in [0.5, 0.6) is 5.75 Å². The molecule has 0 radical (unpaired) electrons. The molecule has 194 valence electrons. The number of aromatic nitrogens is 1. The Bertz CT molecular complexity index is 1320. The summed E-state index contributed by atoms with van der Waals surface area (Å²) in [5.41, 5.74) is 8.92. The quantitative estimate of drug-likeness (QED) is 0.390. The van der Waals surface area contributed by atoms with E-state index in [2.05, 4.69) is 21.7 Å². The van der Waals surface area contributed by atoms with Crippen LogP contribution in [0, 0.1) is 29.5 Å². The first-order chi connectivity index (χ1) is 17.8. The number of pyridine rings is 1. The van der Waals surface area contributed by atoms with Crippen molar-refractivity contribution in [2.75, 3.05) is 26.7 Å². The SMILES string of the molecule is COc1ccc2ncc(Cl)c([C@@H](N)CC[C@@H]3CCN(CC#Cc4cccc(F)c4)C[C@@H]3CC(=O)O)c2c1. The van der Waals surface area contributed by atoms with Crippen molar-refractivity contribution < 1.29 is 19.0 Å². The van der Waals surface area contributed by atoms with Crippen LogP contribution in [0.15, 0.2) is 48.7 Å². The van der Waals surface area contributed by atoms with E-state index in [0.29, 0.717) is 35.8 Å². The molecule has 0 bridgehead atoms. The van der Waals surface area contributed by atoms with E-state index in [4.69, 9.17) is 22.1 Å². The van der Waals surface area contributed by atoms with E-state index in [1.165, 1.54) is 12.1 Å². The maximum absolute atomic E-state index is 13.4. The number of hydrogen-bond donors (Lipinski definition) is 2. The minimum absolute atomic E-state index is 0.000769. The van der Waals surface area contributed by atoms with Gasteiger partial charge < -0.3 is 15.6 Å². The fraction of sp³-hybridized carbons (Fsp3) is 0.379. The highest BCUT2D eigenvalue weighted by atomic mass is 35.5. The monoisotopic (exact) mass is 523 g/mol. The Morgan fingerprint density at radius 1 is 1.32 bits per heavy atom. The lowest BCUT2D eigenvalue weighted by molar-refractivity contribution is -0.139. The smallest absolute Gasteiger partial charge is 0.303 e. The molecule has 1 fully saturated rings. The van der Waals surface area contributed by atoms with E-state index in [9.17, 15) is 14.3 Å². The normalized spacial score (nSPS) is 18.7. The van der Waals surface area contributed by atoms with E-state index in [0.717, 1.165) is 35.9 Å². The van der Waals surface area contributed by atoms with Gasteiger partial charge in [-0.2, -0.15) is 0 Å². The first kappa shape index (κ1) is 26.9. The summed E-state index contributed by atoms with van der Waals surface area (Å²) in [5, 5.41) is 10.9. The van der Waals surface area contributed by atoms with Gasteiger partial charge in [0, 0.05) is 36.2 Å². The number of carboxylic acid groups (broad SMARTS) is 1. The van der Waals surface area contributed by atoms with Crippen molar-refractivity contribution in [1.82, 2.24) is 9.88 Å². The highest BCUT2D eigenvalue weighted by Crippen LogP contribution is 2.36. The molecule has 0 amide bonds. The Morgan fingerprint density at radius 3 is 2.92 bits per heavy atom. The Kier molecular flexibility index (Phi) is 8.99. The van der Waals surface area contributed by atoms with Crippen LogP contribution in [0.1, 0.15) is 42.9 Å². The molecular weight excluding hydrogens is 493 g/mol. The zero-order chi connectivity index (χ0) is 26.4. The maximum atomic E-state index is 13.4. The second kappa shape index (κ2) is 12.4. The lowest BCUT2D eigenvalue weighted by Crippen LogP contribution is -2.41. The Labute approximate surface area is 221 Å². The number of piperidine rings is 1. The van der Waals surface area contributed by atoms with Gasteiger partial charge in [-0.3, -0.25) is 14.7 Å². The lowest BCUT2D eigenvalue weighted by Gasteiger charge is -2.37. The number of rotatable bonds is 8. The predicted octanol–water partition coefficient (Wildman–Crippen LogP) is 5.28. The van der Waals surface area contributed by atoms with Crippen LogP contribution in [0.2, 0.25) is 5.02 Å². The number of ether oxygens (including phenoxy) is 1. The van der Waals surface area contributed by atoms with Crippen LogP contribution < -0.4 is 10.5 Å². The molecular formula is C29H31ClFN3O3. The number of aliphatic carboxylic acids is 1. The molecule has 0 saturated carbocycles. The Balaban J connectivity index is 1.42. The summed E-state index contributed by atoms with van der Waals surface area (Å²) in [4.78, 5) is 18.2. The third-order valence-electron chi connectivity index (χ3n) is 7.06. The molecule has 4 rings (SSSR count). The van der Waals surface area contributed by atoms with Crippen LogP contribution in [0.3, 0.4) is 0 Å². The first-order valence-corrected chi connectivity index (χ1v) is 12.8. The van der Waals surface area contributed by atoms with Gasteiger partial charge in [0.2, 0.25) is 0 Å². The minimum Gasteiger partial charge on any atom is -0.497 e. The molecule has 2 heterocycles. The number of nitrogens with zero attached hydrogens (tertiary/aromatic N) is 2. The van der Waals surface area contributed by atoms with Gasteiger partial charge in [0.25, 0.3) is 0 Å². The molecule has 0 spiro atoms. The summed E-state index contributed by atoms with van der Waals surface area (Å²) in [6.07, 6.45) is 4.07. The zero-order valence-corrected chi connectivity index (χ0v) is 21.5. The van der Waals surface area contributed by atoms with E-state index >= 15 is 0 Å². The summed E-state index contributed by atoms with van der Waals surface area (Å²) < 4.78 is 18.8. The van der Waals surface area contributed by atoms with Crippen molar-refractivity contribution in [2.45, 2.75) is 31.7 Å². The van der Waals surface area contributed by atoms with Crippen LogP contribution >= 0.6 is 11.6 Å². The van der Waals surface area contributed by atoms with Gasteiger partial charge in [0.1, 0.15) is 11.6 Å². The maximum Gasteiger partial charge on any atom is 0.303 e. The largest absolute Gasteiger partial charge is 0.497 e. The molecule has 0 unspecified atom stereocenters. The molecule has 2 aromatic carbocycles. The Morgan fingerprint density at radius 2 is 2.16 bits per heavy atom. The topological polar surface area (TPSA) is 88.7 Å². The summed E-state index contributed by atoms with van der Waals surface area (Å²) in [5.74, 6) is 5.92. The van der Waals surface area contributed by atoms with Crippen molar-refractivity contribution in [3.63, 3.8) is 0 Å². The highest BCUT2D eigenvalue weighted by molar-refractivity contribution is 6.32. The molecule has 8 heteroatoms. The van der Waals surface area contributed by atoms with Gasteiger partial charge in [-0.15, -0.1) is 0 Å². The van der Waals surface area contributed by atoms with E-state index in [1.54, 1.807) is 25.4 Å². The number of carboxylic acids is 1. The van der Waals surface area contributed by atoms with Crippen LogP contribution in [0.25, 0.3) is 10.9 Å². The van der Waals surface area contributed by atoms with Gasteiger partial charge in [-0.1, -0.05) is 29.5 Å². The summed E-state index contributed by atoms with van der Waals surface area (Å²) in [7, 11) is 1.61. The van der Waals surface area contributed by atoms with Gasteiger partial charge in [0.15, 0.2) is 0 Å². The summed E-state index contributed by atoms with van der Waals surface area (Å²) >= 11 is 6.53. The van der Waals surface area contributed by atoms with E-state index < -0.39 is 5.97 Å². The predicted molar refractivity (Wildman–Crippen MR) is 143 cm³/mol. The Hall–Kier alpha value is -3.18. The molecule has 1 aromatic heterocycles. The number of methoxy groups -OCH3 is 1. The molecule has 1 saturated heterocycles. The number of nitrogens with two attached hydrogens (primary N) is 1. The molecule has 6 nitrogen and oxygen atoms in total. The highest BCUT2D eigenvalue weighted by Gasteiger charge is 2.31. The van der Waals surface area contributed by atoms with Crippen molar-refractivity contribution in [3.8, 4) is 17.6 Å². The van der Waals surface area contributed by atoms with Gasteiger partial charge >= 0.3 is 5.97 Å². The first-order valence-electron chi connectivity index (χ1n) is 12.4. The molecule has 37 heavy (non-hydrogen) atoms.